The van der Waals surface area contributed by atoms with Crippen molar-refractivity contribution in [1.29, 1.82) is 0 Å². The molecule has 1 aromatic heterocycles. The Morgan fingerprint density at radius 3 is 2.81 bits per heavy atom. The van der Waals surface area contributed by atoms with E-state index in [9.17, 15) is 4.39 Å². The molecule has 1 heterocycles. The Bertz CT molecular complexity index is 510. The van der Waals surface area contributed by atoms with E-state index in [0.717, 1.165) is 0 Å². The lowest BCUT2D eigenvalue weighted by atomic mass is 10.1. The van der Waals surface area contributed by atoms with Crippen molar-refractivity contribution in [3.05, 3.63) is 35.4 Å². The number of aryl methyl sites for hydroxylation is 1. The molecule has 84 valence electrons. The minimum Gasteiger partial charge on any atom is -0.334 e. The number of hydrogen-bond donors (Lipinski definition) is 0. The highest BCUT2D eigenvalue weighted by Gasteiger charge is 2.16. The van der Waals surface area contributed by atoms with Gasteiger partial charge < -0.3 is 4.52 Å². The third kappa shape index (κ3) is 1.93. The summed E-state index contributed by atoms with van der Waals surface area (Å²) in [7, 11) is 0. The summed E-state index contributed by atoms with van der Waals surface area (Å²) in [6.07, 6.45) is 0. The molecule has 3 nitrogen and oxygen atoms in total. The first kappa shape index (κ1) is 11.1. The molecule has 5 heteroatoms. The van der Waals surface area contributed by atoms with E-state index < -0.39 is 0 Å². The zero-order chi connectivity index (χ0) is 11.7. The van der Waals surface area contributed by atoms with Gasteiger partial charge in [-0.05, 0) is 25.5 Å². The number of nitrogens with zero attached hydrogens (tertiary/aromatic N) is 2. The SMILES string of the molecule is Cc1cccc(-c2nc(C(C)Cl)no2)c1F. The predicted octanol–water partition coefficient (Wildman–Crippen LogP) is 3.48. The maximum atomic E-state index is 13.7. The second-order valence-corrected chi connectivity index (χ2v) is 4.16. The minimum atomic E-state index is -0.356. The molecule has 0 spiro atoms. The highest BCUT2D eigenvalue weighted by molar-refractivity contribution is 6.20. The van der Waals surface area contributed by atoms with Crippen LogP contribution in [0.4, 0.5) is 4.39 Å². The van der Waals surface area contributed by atoms with Crippen LogP contribution in [0.15, 0.2) is 22.7 Å². The van der Waals surface area contributed by atoms with Gasteiger partial charge in [-0.25, -0.2) is 4.39 Å². The average Bonchev–Trinajstić information content (AvgIpc) is 2.71. The highest BCUT2D eigenvalue weighted by atomic mass is 35.5. The van der Waals surface area contributed by atoms with E-state index in [1.807, 2.05) is 0 Å². The summed E-state index contributed by atoms with van der Waals surface area (Å²) in [6, 6.07) is 5.01. The third-order valence-corrected chi connectivity index (χ3v) is 2.41. The zero-order valence-corrected chi connectivity index (χ0v) is 9.62. The number of aromatic nitrogens is 2. The average molecular weight is 241 g/mol. The molecule has 1 aromatic carbocycles. The molecule has 0 radical (unpaired) electrons. The number of rotatable bonds is 2. The van der Waals surface area contributed by atoms with Crippen molar-refractivity contribution >= 4 is 11.6 Å². The van der Waals surface area contributed by atoms with Gasteiger partial charge in [-0.1, -0.05) is 17.3 Å². The number of benzene rings is 1. The summed E-state index contributed by atoms with van der Waals surface area (Å²) in [4.78, 5) is 4.03. The quantitative estimate of drug-likeness (QED) is 0.755. The largest absolute Gasteiger partial charge is 0.334 e. The van der Waals surface area contributed by atoms with E-state index in [1.165, 1.54) is 0 Å². The van der Waals surface area contributed by atoms with Crippen LogP contribution in [0.2, 0.25) is 0 Å². The van der Waals surface area contributed by atoms with Crippen molar-refractivity contribution in [2.24, 2.45) is 0 Å². The van der Waals surface area contributed by atoms with Crippen LogP contribution in [-0.4, -0.2) is 10.1 Å². The molecule has 1 unspecified atom stereocenters. The minimum absolute atomic E-state index is 0.156. The Morgan fingerprint density at radius 2 is 2.19 bits per heavy atom. The van der Waals surface area contributed by atoms with Gasteiger partial charge in [0.25, 0.3) is 5.89 Å². The highest BCUT2D eigenvalue weighted by Crippen LogP contribution is 2.25. The molecular weight excluding hydrogens is 231 g/mol. The van der Waals surface area contributed by atoms with Gasteiger partial charge >= 0.3 is 0 Å². The Kier molecular flexibility index (Phi) is 2.92. The van der Waals surface area contributed by atoms with Crippen molar-refractivity contribution in [3.8, 4) is 11.5 Å². The Hall–Kier alpha value is -1.42. The van der Waals surface area contributed by atoms with Crippen LogP contribution >= 0.6 is 11.6 Å². The van der Waals surface area contributed by atoms with Gasteiger partial charge in [0.15, 0.2) is 5.82 Å². The molecule has 2 rings (SSSR count). The topological polar surface area (TPSA) is 38.9 Å². The van der Waals surface area contributed by atoms with Gasteiger partial charge in [0.1, 0.15) is 5.82 Å². The smallest absolute Gasteiger partial charge is 0.260 e. The summed E-state index contributed by atoms with van der Waals surface area (Å²) in [5, 5.41) is 3.32. The van der Waals surface area contributed by atoms with Crippen LogP contribution in [0.3, 0.4) is 0 Å². The van der Waals surface area contributed by atoms with E-state index in [1.54, 1.807) is 32.0 Å². The summed E-state index contributed by atoms with van der Waals surface area (Å²) >= 11 is 5.80. The molecule has 0 fully saturated rings. The second-order valence-electron chi connectivity index (χ2n) is 3.51. The molecule has 0 amide bonds. The summed E-state index contributed by atoms with van der Waals surface area (Å²) in [6.45, 7) is 3.41. The Labute approximate surface area is 97.2 Å². The fourth-order valence-electron chi connectivity index (χ4n) is 1.32. The van der Waals surface area contributed by atoms with Crippen LogP contribution in [0, 0.1) is 12.7 Å². The van der Waals surface area contributed by atoms with Crippen molar-refractivity contribution in [2.45, 2.75) is 19.2 Å². The molecule has 0 aliphatic heterocycles. The molecule has 2 aromatic rings. The molecule has 0 aliphatic carbocycles. The van der Waals surface area contributed by atoms with Gasteiger partial charge in [-0.2, -0.15) is 4.98 Å². The van der Waals surface area contributed by atoms with Crippen molar-refractivity contribution < 1.29 is 8.91 Å². The molecule has 0 saturated carbocycles. The maximum absolute atomic E-state index is 13.7. The number of halogens is 2. The van der Waals surface area contributed by atoms with Gasteiger partial charge in [0.2, 0.25) is 0 Å². The predicted molar refractivity (Wildman–Crippen MR) is 58.7 cm³/mol. The van der Waals surface area contributed by atoms with Crippen molar-refractivity contribution in [3.63, 3.8) is 0 Å². The van der Waals surface area contributed by atoms with Crippen LogP contribution in [-0.2, 0) is 0 Å². The Balaban J connectivity index is 2.47. The first-order valence-electron chi connectivity index (χ1n) is 4.82. The number of hydrogen-bond acceptors (Lipinski definition) is 3. The van der Waals surface area contributed by atoms with Crippen LogP contribution in [0.25, 0.3) is 11.5 Å². The van der Waals surface area contributed by atoms with E-state index in [0.29, 0.717) is 17.0 Å². The summed E-state index contributed by atoms with van der Waals surface area (Å²) in [5.41, 5.74) is 0.840. The number of alkyl halides is 1. The van der Waals surface area contributed by atoms with Crippen LogP contribution in [0.1, 0.15) is 23.7 Å². The standard InChI is InChI=1S/C11H10ClFN2O/c1-6-4-3-5-8(9(6)13)11-14-10(7(2)12)15-16-11/h3-5,7H,1-2H3. The van der Waals surface area contributed by atoms with Gasteiger partial charge in [-0.3, -0.25) is 0 Å². The van der Waals surface area contributed by atoms with Crippen LogP contribution < -0.4 is 0 Å². The molecule has 0 aliphatic rings. The zero-order valence-electron chi connectivity index (χ0n) is 8.87. The van der Waals surface area contributed by atoms with E-state index in [4.69, 9.17) is 16.1 Å². The maximum Gasteiger partial charge on any atom is 0.260 e. The molecule has 1 atom stereocenters. The molecule has 16 heavy (non-hydrogen) atoms. The van der Waals surface area contributed by atoms with Crippen molar-refractivity contribution in [1.82, 2.24) is 10.1 Å². The Morgan fingerprint density at radius 1 is 1.44 bits per heavy atom. The van der Waals surface area contributed by atoms with Crippen molar-refractivity contribution in [2.75, 3.05) is 0 Å². The van der Waals surface area contributed by atoms with Gasteiger partial charge in [0.05, 0.1) is 10.9 Å². The van der Waals surface area contributed by atoms with E-state index in [2.05, 4.69) is 10.1 Å². The monoisotopic (exact) mass is 240 g/mol. The third-order valence-electron chi connectivity index (χ3n) is 2.22. The fraction of sp³-hybridized carbons (Fsp3) is 0.273. The summed E-state index contributed by atoms with van der Waals surface area (Å²) in [5.74, 6) is 0.168. The van der Waals surface area contributed by atoms with Gasteiger partial charge in [0, 0.05) is 0 Å². The van der Waals surface area contributed by atoms with E-state index in [-0.39, 0.29) is 17.1 Å². The molecule has 0 bridgehead atoms. The first-order valence-corrected chi connectivity index (χ1v) is 5.26. The van der Waals surface area contributed by atoms with Crippen LogP contribution in [0.5, 0.6) is 0 Å². The molecular formula is C11H10ClFN2O. The lowest BCUT2D eigenvalue weighted by molar-refractivity contribution is 0.420. The lowest BCUT2D eigenvalue weighted by Crippen LogP contribution is -1.90. The normalized spacial score (nSPS) is 12.8. The molecule has 0 N–H and O–H groups in total. The first-order chi connectivity index (χ1) is 7.59. The molecule has 0 saturated heterocycles. The van der Waals surface area contributed by atoms with Gasteiger partial charge in [-0.15, -0.1) is 11.6 Å². The second kappa shape index (κ2) is 4.22. The lowest BCUT2D eigenvalue weighted by Gasteiger charge is -1.99. The fourth-order valence-corrected chi connectivity index (χ4v) is 1.41. The summed E-state index contributed by atoms with van der Waals surface area (Å²) < 4.78 is 18.7. The van der Waals surface area contributed by atoms with E-state index >= 15 is 0 Å².